The topological polar surface area (TPSA) is 103 Å². The molecule has 1 amide bonds. The molecule has 0 aliphatic carbocycles. The fourth-order valence-corrected chi connectivity index (χ4v) is 3.59. The molecule has 0 radical (unpaired) electrons. The molecule has 9 heteroatoms. The Kier molecular flexibility index (Phi) is 5.04. The van der Waals surface area contributed by atoms with Gasteiger partial charge >= 0.3 is 5.97 Å². The average Bonchev–Trinajstić information content (AvgIpc) is 3.08. The summed E-state index contributed by atoms with van der Waals surface area (Å²) in [5, 5.41) is 7.88. The Morgan fingerprint density at radius 3 is 2.48 bits per heavy atom. The molecule has 0 saturated carbocycles. The summed E-state index contributed by atoms with van der Waals surface area (Å²) in [5.74, 6) is -1.03. The number of fused-ring (bicyclic) bond motifs is 1. The molecule has 0 aliphatic rings. The highest BCUT2D eigenvalue weighted by atomic mass is 32.1. The number of anilines is 1. The van der Waals surface area contributed by atoms with E-state index in [2.05, 4.69) is 15.4 Å². The number of nitrogens with one attached hydrogen (secondary N) is 1. The number of aromatic nitrogens is 3. The van der Waals surface area contributed by atoms with E-state index in [9.17, 15) is 14.4 Å². The van der Waals surface area contributed by atoms with E-state index in [-0.39, 0.29) is 28.0 Å². The SMILES string of the molecule is COC(=O)c1nc(NC(=O)c2nn(C)c(=O)c3ccccc23)sc1C(C)C. The summed E-state index contributed by atoms with van der Waals surface area (Å²) in [4.78, 5) is 41.8. The van der Waals surface area contributed by atoms with Crippen molar-refractivity contribution in [3.8, 4) is 0 Å². The summed E-state index contributed by atoms with van der Waals surface area (Å²) < 4.78 is 5.88. The molecule has 27 heavy (non-hydrogen) atoms. The molecule has 0 saturated heterocycles. The Labute approximate surface area is 158 Å². The second-order valence-corrected chi connectivity index (χ2v) is 7.19. The van der Waals surface area contributed by atoms with Crippen molar-refractivity contribution >= 4 is 39.1 Å². The van der Waals surface area contributed by atoms with E-state index in [0.717, 1.165) is 9.56 Å². The van der Waals surface area contributed by atoms with Crippen LogP contribution in [0, 0.1) is 0 Å². The van der Waals surface area contributed by atoms with Crippen molar-refractivity contribution in [2.24, 2.45) is 7.05 Å². The summed E-state index contributed by atoms with van der Waals surface area (Å²) in [7, 11) is 2.77. The zero-order valence-corrected chi connectivity index (χ0v) is 16.1. The second-order valence-electron chi connectivity index (χ2n) is 6.16. The summed E-state index contributed by atoms with van der Waals surface area (Å²) in [6, 6.07) is 6.77. The monoisotopic (exact) mass is 386 g/mol. The molecule has 3 aromatic rings. The van der Waals surface area contributed by atoms with Crippen molar-refractivity contribution in [1.82, 2.24) is 14.8 Å². The number of thiazole rings is 1. The van der Waals surface area contributed by atoms with Gasteiger partial charge in [0, 0.05) is 17.3 Å². The summed E-state index contributed by atoms with van der Waals surface area (Å²) in [6.07, 6.45) is 0. The molecular weight excluding hydrogens is 368 g/mol. The van der Waals surface area contributed by atoms with Gasteiger partial charge in [-0.05, 0) is 12.0 Å². The first-order chi connectivity index (χ1) is 12.8. The zero-order valence-electron chi connectivity index (χ0n) is 15.3. The van der Waals surface area contributed by atoms with E-state index in [4.69, 9.17) is 4.74 Å². The maximum atomic E-state index is 12.8. The molecule has 140 valence electrons. The van der Waals surface area contributed by atoms with Crippen LogP contribution >= 0.6 is 11.3 Å². The van der Waals surface area contributed by atoms with Gasteiger partial charge in [0.15, 0.2) is 16.5 Å². The highest BCUT2D eigenvalue weighted by Gasteiger charge is 2.23. The normalized spacial score (nSPS) is 11.0. The van der Waals surface area contributed by atoms with Crippen molar-refractivity contribution in [2.75, 3.05) is 12.4 Å². The third-order valence-electron chi connectivity index (χ3n) is 3.95. The van der Waals surface area contributed by atoms with Gasteiger partial charge in [0.25, 0.3) is 11.5 Å². The molecule has 0 atom stereocenters. The number of benzene rings is 1. The molecule has 0 fully saturated rings. The minimum absolute atomic E-state index is 0.0405. The Balaban J connectivity index is 2.02. The van der Waals surface area contributed by atoms with E-state index in [1.54, 1.807) is 24.3 Å². The van der Waals surface area contributed by atoms with Crippen molar-refractivity contribution in [3.63, 3.8) is 0 Å². The number of carbonyl (C=O) groups is 2. The van der Waals surface area contributed by atoms with Crippen LogP contribution in [0.5, 0.6) is 0 Å². The van der Waals surface area contributed by atoms with Crippen LogP contribution in [0.4, 0.5) is 5.13 Å². The lowest BCUT2D eigenvalue weighted by atomic mass is 10.1. The fourth-order valence-electron chi connectivity index (χ4n) is 2.64. The third-order valence-corrected chi connectivity index (χ3v) is 5.22. The Hall–Kier alpha value is -3.07. The van der Waals surface area contributed by atoms with Crippen LogP contribution in [0.15, 0.2) is 29.1 Å². The quantitative estimate of drug-likeness (QED) is 0.691. The second kappa shape index (κ2) is 7.28. The van der Waals surface area contributed by atoms with Crippen LogP contribution in [0.1, 0.15) is 45.6 Å². The number of rotatable bonds is 4. The van der Waals surface area contributed by atoms with Crippen LogP contribution in [0.25, 0.3) is 10.8 Å². The Morgan fingerprint density at radius 2 is 1.85 bits per heavy atom. The first kappa shape index (κ1) is 18.7. The maximum absolute atomic E-state index is 12.8. The molecule has 1 aromatic carbocycles. The molecule has 3 rings (SSSR count). The van der Waals surface area contributed by atoms with Crippen molar-refractivity contribution in [2.45, 2.75) is 19.8 Å². The number of aryl methyl sites for hydroxylation is 1. The number of nitrogens with zero attached hydrogens (tertiary/aromatic N) is 3. The number of esters is 1. The van der Waals surface area contributed by atoms with Crippen molar-refractivity contribution in [1.29, 1.82) is 0 Å². The van der Waals surface area contributed by atoms with Gasteiger partial charge in [-0.2, -0.15) is 5.10 Å². The summed E-state index contributed by atoms with van der Waals surface area (Å²) in [5.41, 5.74) is 0.00571. The van der Waals surface area contributed by atoms with Crippen molar-refractivity contribution < 1.29 is 14.3 Å². The number of hydrogen-bond acceptors (Lipinski definition) is 7. The van der Waals surface area contributed by atoms with Gasteiger partial charge in [-0.25, -0.2) is 14.5 Å². The molecule has 8 nitrogen and oxygen atoms in total. The number of methoxy groups -OCH3 is 1. The smallest absolute Gasteiger partial charge is 0.357 e. The molecule has 0 spiro atoms. The largest absolute Gasteiger partial charge is 0.464 e. The van der Waals surface area contributed by atoms with Crippen LogP contribution in [-0.2, 0) is 11.8 Å². The number of ether oxygens (including phenoxy) is 1. The van der Waals surface area contributed by atoms with Crippen LogP contribution in [0.2, 0.25) is 0 Å². The minimum atomic E-state index is -0.555. The number of carbonyl (C=O) groups excluding carboxylic acids is 2. The Bertz CT molecular complexity index is 1100. The van der Waals surface area contributed by atoms with Gasteiger partial charge in [-0.15, -0.1) is 11.3 Å². The van der Waals surface area contributed by atoms with E-state index in [0.29, 0.717) is 10.8 Å². The first-order valence-electron chi connectivity index (χ1n) is 8.20. The molecule has 0 aliphatic heterocycles. The van der Waals surface area contributed by atoms with Gasteiger partial charge < -0.3 is 4.74 Å². The third kappa shape index (κ3) is 3.45. The lowest BCUT2D eigenvalue weighted by molar-refractivity contribution is 0.0593. The molecule has 0 unspecified atom stereocenters. The fraction of sp³-hybridized carbons (Fsp3) is 0.278. The lowest BCUT2D eigenvalue weighted by Crippen LogP contribution is -2.25. The van der Waals surface area contributed by atoms with Gasteiger partial charge in [-0.3, -0.25) is 14.9 Å². The minimum Gasteiger partial charge on any atom is -0.464 e. The van der Waals surface area contributed by atoms with E-state index in [1.807, 2.05) is 13.8 Å². The predicted octanol–water partition coefficient (Wildman–Crippen LogP) is 2.55. The van der Waals surface area contributed by atoms with Crippen LogP contribution in [-0.4, -0.2) is 33.8 Å². The van der Waals surface area contributed by atoms with Gasteiger partial charge in [-0.1, -0.05) is 32.0 Å². The highest BCUT2D eigenvalue weighted by molar-refractivity contribution is 7.16. The van der Waals surface area contributed by atoms with Gasteiger partial charge in [0.2, 0.25) is 0 Å². The molecule has 2 aromatic heterocycles. The van der Waals surface area contributed by atoms with Crippen LogP contribution in [0.3, 0.4) is 0 Å². The molecule has 2 heterocycles. The van der Waals surface area contributed by atoms with Gasteiger partial charge in [0.05, 0.1) is 12.5 Å². The Morgan fingerprint density at radius 1 is 1.19 bits per heavy atom. The lowest BCUT2D eigenvalue weighted by Gasteiger charge is -2.07. The van der Waals surface area contributed by atoms with E-state index < -0.39 is 11.9 Å². The first-order valence-corrected chi connectivity index (χ1v) is 9.01. The van der Waals surface area contributed by atoms with E-state index >= 15 is 0 Å². The standard InChI is InChI=1S/C18H18N4O4S/c1-9(2)14-13(17(25)26-4)19-18(27-14)20-15(23)12-10-7-5-6-8-11(10)16(24)22(3)21-12/h5-9H,1-4H3,(H,19,20,23). The molecular formula is C18H18N4O4S. The van der Waals surface area contributed by atoms with Crippen LogP contribution < -0.4 is 10.9 Å². The van der Waals surface area contributed by atoms with E-state index in [1.165, 1.54) is 25.5 Å². The van der Waals surface area contributed by atoms with Crippen molar-refractivity contribution in [3.05, 3.63) is 50.9 Å². The summed E-state index contributed by atoms with van der Waals surface area (Å²) >= 11 is 1.21. The predicted molar refractivity (Wildman–Crippen MR) is 102 cm³/mol. The molecule has 1 N–H and O–H groups in total. The van der Waals surface area contributed by atoms with Gasteiger partial charge in [0.1, 0.15) is 0 Å². The number of amides is 1. The highest BCUT2D eigenvalue weighted by Crippen LogP contribution is 2.30. The average molecular weight is 386 g/mol. The zero-order chi connectivity index (χ0) is 19.7. The summed E-state index contributed by atoms with van der Waals surface area (Å²) in [6.45, 7) is 3.85. The number of hydrogen-bond donors (Lipinski definition) is 1. The maximum Gasteiger partial charge on any atom is 0.357 e. The molecule has 0 bridgehead atoms.